The number of benzene rings is 2. The summed E-state index contributed by atoms with van der Waals surface area (Å²) < 4.78 is 17.4. The molecule has 3 N–H and O–H groups in total. The Morgan fingerprint density at radius 1 is 1.17 bits per heavy atom. The zero-order chi connectivity index (χ0) is 21.1. The van der Waals surface area contributed by atoms with Crippen LogP contribution in [-0.4, -0.2) is 16.8 Å². The van der Waals surface area contributed by atoms with E-state index in [1.165, 1.54) is 0 Å². The van der Waals surface area contributed by atoms with Crippen molar-refractivity contribution in [1.29, 1.82) is 5.26 Å². The first-order chi connectivity index (χ1) is 14.6. The van der Waals surface area contributed by atoms with Gasteiger partial charge in [0.1, 0.15) is 18.2 Å². The van der Waals surface area contributed by atoms with E-state index in [1.807, 2.05) is 62.4 Å². The number of hydrogen-bond acceptors (Lipinski definition) is 6. The molecule has 0 saturated heterocycles. The van der Waals surface area contributed by atoms with Crippen LogP contribution in [0.4, 0.5) is 0 Å². The highest BCUT2D eigenvalue weighted by atomic mass is 16.5. The number of allylic oxidation sites excluding steroid dienone is 1. The first kappa shape index (κ1) is 19.4. The minimum absolute atomic E-state index is 0.0575. The van der Waals surface area contributed by atoms with Gasteiger partial charge >= 0.3 is 0 Å². The quantitative estimate of drug-likeness (QED) is 0.647. The van der Waals surface area contributed by atoms with Gasteiger partial charge in [-0.2, -0.15) is 5.26 Å². The van der Waals surface area contributed by atoms with Gasteiger partial charge in [0.15, 0.2) is 11.5 Å². The van der Waals surface area contributed by atoms with Gasteiger partial charge in [-0.25, -0.2) is 0 Å². The normalized spacial score (nSPS) is 15.2. The van der Waals surface area contributed by atoms with E-state index < -0.39 is 5.92 Å². The fraction of sp³-hybridized carbons (Fsp3) is 0.217. The van der Waals surface area contributed by atoms with Gasteiger partial charge in [0.25, 0.3) is 0 Å². The number of H-pyrrole nitrogens is 1. The molecule has 0 fully saturated rings. The topological polar surface area (TPSA) is 106 Å². The van der Waals surface area contributed by atoms with Crippen LogP contribution in [0, 0.1) is 18.3 Å². The van der Waals surface area contributed by atoms with E-state index in [2.05, 4.69) is 16.3 Å². The lowest BCUT2D eigenvalue weighted by molar-refractivity contribution is 0.269. The molecule has 7 nitrogen and oxygen atoms in total. The molecule has 30 heavy (non-hydrogen) atoms. The summed E-state index contributed by atoms with van der Waals surface area (Å²) in [5, 5.41) is 16.8. The summed E-state index contributed by atoms with van der Waals surface area (Å²) in [4.78, 5) is 0. The fourth-order valence-electron chi connectivity index (χ4n) is 3.56. The second-order valence-corrected chi connectivity index (χ2v) is 6.91. The van der Waals surface area contributed by atoms with E-state index >= 15 is 0 Å². The maximum atomic E-state index is 9.75. The highest BCUT2D eigenvalue weighted by Gasteiger charge is 2.34. The largest absolute Gasteiger partial charge is 0.490 e. The first-order valence-electron chi connectivity index (χ1n) is 9.68. The molecule has 2 aromatic carbocycles. The van der Waals surface area contributed by atoms with Crippen LogP contribution < -0.4 is 19.9 Å². The average Bonchev–Trinajstić information content (AvgIpc) is 3.13. The van der Waals surface area contributed by atoms with E-state index in [4.69, 9.17) is 19.9 Å². The fourth-order valence-corrected chi connectivity index (χ4v) is 3.56. The molecule has 0 radical (unpaired) electrons. The second-order valence-electron chi connectivity index (χ2n) is 6.91. The number of aromatic amines is 1. The summed E-state index contributed by atoms with van der Waals surface area (Å²) in [6, 6.07) is 17.8. The number of ether oxygens (including phenoxy) is 3. The van der Waals surface area contributed by atoms with Crippen LogP contribution in [0.1, 0.15) is 35.2 Å². The predicted molar refractivity (Wildman–Crippen MR) is 111 cm³/mol. The molecular weight excluding hydrogens is 380 g/mol. The zero-order valence-electron chi connectivity index (χ0n) is 16.8. The van der Waals surface area contributed by atoms with Crippen molar-refractivity contribution in [3.05, 3.63) is 82.4 Å². The molecule has 0 amide bonds. The third-order valence-corrected chi connectivity index (χ3v) is 4.97. The highest BCUT2D eigenvalue weighted by molar-refractivity contribution is 5.57. The summed E-state index contributed by atoms with van der Waals surface area (Å²) in [6.45, 7) is 4.72. The number of nitrogens with zero attached hydrogens (tertiary/aromatic N) is 2. The number of aromatic nitrogens is 2. The molecule has 4 rings (SSSR count). The van der Waals surface area contributed by atoms with Crippen LogP contribution in [0.25, 0.3) is 0 Å². The van der Waals surface area contributed by atoms with Crippen molar-refractivity contribution in [3.8, 4) is 23.4 Å². The molecule has 0 saturated carbocycles. The Morgan fingerprint density at radius 2 is 1.97 bits per heavy atom. The molecule has 1 aromatic heterocycles. The maximum Gasteiger partial charge on any atom is 0.244 e. The minimum atomic E-state index is -0.410. The molecule has 1 aliphatic rings. The van der Waals surface area contributed by atoms with Crippen molar-refractivity contribution < 1.29 is 14.2 Å². The maximum absolute atomic E-state index is 9.75. The number of nitrogens with one attached hydrogen (secondary N) is 1. The summed E-state index contributed by atoms with van der Waals surface area (Å²) in [5.74, 6) is 1.27. The van der Waals surface area contributed by atoms with Crippen LogP contribution in [0.3, 0.4) is 0 Å². The van der Waals surface area contributed by atoms with Crippen molar-refractivity contribution in [2.75, 3.05) is 6.61 Å². The molecule has 152 valence electrons. The third-order valence-electron chi connectivity index (χ3n) is 4.97. The number of fused-ring (bicyclic) bond motifs is 1. The van der Waals surface area contributed by atoms with Gasteiger partial charge in [0.05, 0.1) is 12.5 Å². The molecular formula is C23H22N4O3. The van der Waals surface area contributed by atoms with Crippen LogP contribution in [0.2, 0.25) is 0 Å². The summed E-state index contributed by atoms with van der Waals surface area (Å²) in [6.07, 6.45) is 0. The van der Waals surface area contributed by atoms with E-state index in [0.29, 0.717) is 36.2 Å². The summed E-state index contributed by atoms with van der Waals surface area (Å²) >= 11 is 0. The van der Waals surface area contributed by atoms with Gasteiger partial charge in [-0.15, -0.1) is 5.10 Å². The van der Waals surface area contributed by atoms with Gasteiger partial charge in [-0.1, -0.05) is 36.4 Å². The summed E-state index contributed by atoms with van der Waals surface area (Å²) in [7, 11) is 0. The van der Waals surface area contributed by atoms with Crippen LogP contribution in [-0.2, 0) is 6.61 Å². The Labute approximate surface area is 174 Å². The minimum Gasteiger partial charge on any atom is -0.490 e. The van der Waals surface area contributed by atoms with Gasteiger partial charge in [-0.3, -0.25) is 5.10 Å². The molecule has 1 aliphatic heterocycles. The molecule has 0 aliphatic carbocycles. The van der Waals surface area contributed by atoms with E-state index in [-0.39, 0.29) is 5.88 Å². The molecule has 3 aromatic rings. The van der Waals surface area contributed by atoms with Gasteiger partial charge < -0.3 is 19.9 Å². The van der Waals surface area contributed by atoms with E-state index in [1.54, 1.807) is 0 Å². The Kier molecular flexibility index (Phi) is 5.31. The Balaban J connectivity index is 1.75. The molecule has 0 unspecified atom stereocenters. The van der Waals surface area contributed by atoms with Crippen molar-refractivity contribution >= 4 is 0 Å². The van der Waals surface area contributed by atoms with Crippen molar-refractivity contribution in [1.82, 2.24) is 10.2 Å². The van der Waals surface area contributed by atoms with Crippen LogP contribution in [0.5, 0.6) is 17.4 Å². The lowest BCUT2D eigenvalue weighted by Crippen LogP contribution is -2.21. The lowest BCUT2D eigenvalue weighted by Gasteiger charge is -2.24. The highest BCUT2D eigenvalue weighted by Crippen LogP contribution is 2.44. The molecule has 2 heterocycles. The van der Waals surface area contributed by atoms with E-state index in [9.17, 15) is 5.26 Å². The second kappa shape index (κ2) is 8.21. The van der Waals surface area contributed by atoms with E-state index in [0.717, 1.165) is 22.4 Å². The van der Waals surface area contributed by atoms with Gasteiger partial charge in [0, 0.05) is 11.3 Å². The SMILES string of the molecule is CCOc1ccc([C@@H]2C(C#N)=C(N)Oc3n[nH]c(C)c32)cc1OCc1ccccc1. The molecule has 7 heteroatoms. The van der Waals surface area contributed by atoms with Gasteiger partial charge in [0.2, 0.25) is 11.8 Å². The average molecular weight is 402 g/mol. The van der Waals surface area contributed by atoms with Gasteiger partial charge in [-0.05, 0) is 37.1 Å². The number of aryl methyl sites for hydroxylation is 1. The Morgan fingerprint density at radius 3 is 2.70 bits per heavy atom. The zero-order valence-corrected chi connectivity index (χ0v) is 16.8. The van der Waals surface area contributed by atoms with Crippen molar-refractivity contribution in [2.45, 2.75) is 26.4 Å². The number of nitriles is 1. The molecule has 1 atom stereocenters. The Hall–Kier alpha value is -3.92. The van der Waals surface area contributed by atoms with Crippen LogP contribution in [0.15, 0.2) is 60.0 Å². The lowest BCUT2D eigenvalue weighted by atomic mass is 9.84. The Bertz CT molecular complexity index is 1130. The summed E-state index contributed by atoms with van der Waals surface area (Å²) in [5.41, 5.74) is 9.85. The predicted octanol–water partition coefficient (Wildman–Crippen LogP) is 3.91. The smallest absolute Gasteiger partial charge is 0.244 e. The first-order valence-corrected chi connectivity index (χ1v) is 9.68. The number of rotatable bonds is 6. The molecule has 0 bridgehead atoms. The molecule has 0 spiro atoms. The number of hydrogen-bond donors (Lipinski definition) is 2. The number of nitrogens with two attached hydrogens (primary N) is 1. The van der Waals surface area contributed by atoms with Crippen molar-refractivity contribution in [2.24, 2.45) is 5.73 Å². The third kappa shape index (κ3) is 3.55. The monoisotopic (exact) mass is 402 g/mol. The van der Waals surface area contributed by atoms with Crippen LogP contribution >= 0.6 is 0 Å². The van der Waals surface area contributed by atoms with Crippen molar-refractivity contribution in [3.63, 3.8) is 0 Å². The standard InChI is InChI=1S/C23H22N4O3/c1-3-28-18-10-9-16(11-19(18)29-13-15-7-5-4-6-8-15)21-17(12-24)22(25)30-23-20(21)14(2)26-27-23/h4-11,21H,3,13,25H2,1-2H3,(H,26,27)/t21-/m1/s1.